The second-order valence-electron chi connectivity index (χ2n) is 7.59. The third-order valence-electron chi connectivity index (χ3n) is 6.12. The van der Waals surface area contributed by atoms with Crippen molar-refractivity contribution in [1.82, 2.24) is 25.4 Å². The van der Waals surface area contributed by atoms with Crippen molar-refractivity contribution in [3.8, 4) is 0 Å². The van der Waals surface area contributed by atoms with Gasteiger partial charge in [0.05, 0.1) is 5.39 Å². The maximum absolute atomic E-state index is 12.6. The Kier molecular flexibility index (Phi) is 3.72. The van der Waals surface area contributed by atoms with Gasteiger partial charge < -0.3 is 10.6 Å². The Balaban J connectivity index is 1.53. The van der Waals surface area contributed by atoms with Crippen molar-refractivity contribution in [3.63, 3.8) is 0 Å². The molecule has 134 valence electrons. The minimum Gasteiger partial charge on any atom is -0.352 e. The number of aromatic amines is 1. The predicted octanol–water partition coefficient (Wildman–Crippen LogP) is 0.884. The van der Waals surface area contributed by atoms with E-state index in [-0.39, 0.29) is 22.8 Å². The molecule has 2 aliphatic rings. The summed E-state index contributed by atoms with van der Waals surface area (Å²) >= 11 is 0. The molecule has 1 aliphatic heterocycles. The number of carbonyl (C=O) groups is 1. The fourth-order valence-electron chi connectivity index (χ4n) is 4.40. The number of hydrogen-bond donors (Lipinski definition) is 3. The molecular formula is C18H25N5O2. The Bertz CT molecular complexity index is 904. The van der Waals surface area contributed by atoms with Crippen LogP contribution in [0.4, 0.5) is 0 Å². The number of piperidine rings is 1. The van der Waals surface area contributed by atoms with E-state index in [1.54, 1.807) is 11.7 Å². The maximum atomic E-state index is 12.6. The molecule has 1 aliphatic carbocycles. The summed E-state index contributed by atoms with van der Waals surface area (Å²) in [5.41, 5.74) is 3.46. The molecule has 2 aromatic heterocycles. The molecule has 7 nitrogen and oxygen atoms in total. The SMILES string of the molecule is Cc1nc2c(c(C)c1CNC(=O)C1CC13CCNCC3)c(=O)[nH]n2C. The Labute approximate surface area is 146 Å². The summed E-state index contributed by atoms with van der Waals surface area (Å²) in [6.45, 7) is 6.31. The molecule has 2 aromatic rings. The topological polar surface area (TPSA) is 91.8 Å². The number of nitrogens with one attached hydrogen (secondary N) is 3. The summed E-state index contributed by atoms with van der Waals surface area (Å²) in [6.07, 6.45) is 3.19. The Morgan fingerprint density at radius 3 is 2.80 bits per heavy atom. The zero-order chi connectivity index (χ0) is 17.8. The molecule has 1 atom stereocenters. The molecule has 0 radical (unpaired) electrons. The van der Waals surface area contributed by atoms with Gasteiger partial charge in [-0.05, 0) is 62.7 Å². The van der Waals surface area contributed by atoms with Gasteiger partial charge in [-0.25, -0.2) is 4.98 Å². The number of carbonyl (C=O) groups excluding carboxylic acids is 1. The number of rotatable bonds is 3. The van der Waals surface area contributed by atoms with Gasteiger partial charge in [-0.1, -0.05) is 0 Å². The number of aromatic nitrogens is 3. The zero-order valence-electron chi connectivity index (χ0n) is 15.0. The summed E-state index contributed by atoms with van der Waals surface area (Å²) < 4.78 is 1.64. The molecule has 2 fully saturated rings. The lowest BCUT2D eigenvalue weighted by atomic mass is 9.91. The van der Waals surface area contributed by atoms with E-state index in [0.717, 1.165) is 49.2 Å². The number of aryl methyl sites for hydroxylation is 3. The highest BCUT2D eigenvalue weighted by molar-refractivity contribution is 5.83. The minimum absolute atomic E-state index is 0.133. The molecule has 1 saturated heterocycles. The second kappa shape index (κ2) is 5.69. The van der Waals surface area contributed by atoms with Gasteiger partial charge in [0.2, 0.25) is 5.91 Å². The zero-order valence-corrected chi connectivity index (χ0v) is 15.0. The third kappa shape index (κ3) is 2.57. The summed E-state index contributed by atoms with van der Waals surface area (Å²) in [5, 5.41) is 9.81. The van der Waals surface area contributed by atoms with Crippen molar-refractivity contribution < 1.29 is 4.79 Å². The molecule has 1 spiro atoms. The van der Waals surface area contributed by atoms with Gasteiger partial charge in [-0.3, -0.25) is 19.4 Å². The van der Waals surface area contributed by atoms with E-state index in [0.29, 0.717) is 17.6 Å². The van der Waals surface area contributed by atoms with E-state index < -0.39 is 0 Å². The smallest absolute Gasteiger partial charge is 0.273 e. The molecule has 0 aromatic carbocycles. The molecule has 1 amide bonds. The first-order valence-corrected chi connectivity index (χ1v) is 8.96. The highest BCUT2D eigenvalue weighted by atomic mass is 16.2. The lowest BCUT2D eigenvalue weighted by Crippen LogP contribution is -2.33. The minimum atomic E-state index is -0.133. The van der Waals surface area contributed by atoms with Crippen LogP contribution in [-0.4, -0.2) is 33.8 Å². The number of pyridine rings is 1. The molecular weight excluding hydrogens is 318 g/mol. The molecule has 1 saturated carbocycles. The number of amides is 1. The van der Waals surface area contributed by atoms with Crippen molar-refractivity contribution in [2.24, 2.45) is 18.4 Å². The molecule has 1 unspecified atom stereocenters. The quantitative estimate of drug-likeness (QED) is 0.772. The van der Waals surface area contributed by atoms with E-state index in [1.165, 1.54) is 0 Å². The van der Waals surface area contributed by atoms with E-state index >= 15 is 0 Å². The maximum Gasteiger partial charge on any atom is 0.273 e. The molecule has 0 bridgehead atoms. The number of nitrogens with zero attached hydrogens (tertiary/aromatic N) is 2. The molecule has 3 heterocycles. The lowest BCUT2D eigenvalue weighted by molar-refractivity contribution is -0.123. The van der Waals surface area contributed by atoms with Crippen molar-refractivity contribution in [1.29, 1.82) is 0 Å². The van der Waals surface area contributed by atoms with Gasteiger partial charge in [0.25, 0.3) is 5.56 Å². The summed E-state index contributed by atoms with van der Waals surface area (Å²) in [5.74, 6) is 0.287. The van der Waals surface area contributed by atoms with Crippen LogP contribution in [0.3, 0.4) is 0 Å². The van der Waals surface area contributed by atoms with Crippen LogP contribution in [0, 0.1) is 25.2 Å². The number of H-pyrrole nitrogens is 1. The highest BCUT2D eigenvalue weighted by Gasteiger charge is 2.57. The van der Waals surface area contributed by atoms with Crippen molar-refractivity contribution in [2.75, 3.05) is 13.1 Å². The lowest BCUT2D eigenvalue weighted by Gasteiger charge is -2.23. The van der Waals surface area contributed by atoms with Crippen LogP contribution >= 0.6 is 0 Å². The largest absolute Gasteiger partial charge is 0.352 e. The fourth-order valence-corrected chi connectivity index (χ4v) is 4.40. The summed E-state index contributed by atoms with van der Waals surface area (Å²) in [7, 11) is 1.78. The monoisotopic (exact) mass is 343 g/mol. The fraction of sp³-hybridized carbons (Fsp3) is 0.611. The van der Waals surface area contributed by atoms with Crippen LogP contribution < -0.4 is 16.2 Å². The first-order chi connectivity index (χ1) is 11.9. The summed E-state index contributed by atoms with van der Waals surface area (Å²) in [6, 6.07) is 0. The van der Waals surface area contributed by atoms with Gasteiger partial charge in [-0.2, -0.15) is 0 Å². The first-order valence-electron chi connectivity index (χ1n) is 8.96. The van der Waals surface area contributed by atoms with Crippen molar-refractivity contribution in [2.45, 2.75) is 39.7 Å². The van der Waals surface area contributed by atoms with Crippen LogP contribution in [-0.2, 0) is 18.4 Å². The van der Waals surface area contributed by atoms with Gasteiger partial charge in [0.15, 0.2) is 5.65 Å². The van der Waals surface area contributed by atoms with Crippen LogP contribution in [0.25, 0.3) is 11.0 Å². The Morgan fingerprint density at radius 2 is 2.08 bits per heavy atom. The van der Waals surface area contributed by atoms with Crippen molar-refractivity contribution >= 4 is 16.9 Å². The van der Waals surface area contributed by atoms with Crippen LogP contribution in [0.5, 0.6) is 0 Å². The second-order valence-corrected chi connectivity index (χ2v) is 7.59. The van der Waals surface area contributed by atoms with E-state index in [2.05, 4.69) is 20.7 Å². The first kappa shape index (κ1) is 16.3. The average Bonchev–Trinajstić information content (AvgIpc) is 3.18. The Hall–Kier alpha value is -2.15. The van der Waals surface area contributed by atoms with E-state index in [4.69, 9.17) is 0 Å². The van der Waals surface area contributed by atoms with Crippen molar-refractivity contribution in [3.05, 3.63) is 27.2 Å². The van der Waals surface area contributed by atoms with E-state index in [9.17, 15) is 9.59 Å². The number of fused-ring (bicyclic) bond motifs is 1. The van der Waals surface area contributed by atoms with E-state index in [1.807, 2.05) is 13.8 Å². The predicted molar refractivity (Wildman–Crippen MR) is 95.3 cm³/mol. The third-order valence-corrected chi connectivity index (χ3v) is 6.12. The normalized spacial score (nSPS) is 21.6. The molecule has 4 rings (SSSR count). The Morgan fingerprint density at radius 1 is 1.36 bits per heavy atom. The molecule has 7 heteroatoms. The average molecular weight is 343 g/mol. The standard InChI is InChI=1S/C18H25N5O2/c1-10-12(11(2)21-15-14(10)17(25)22-23(15)3)9-20-16(24)13-8-18(13)4-6-19-7-5-18/h13,19H,4-9H2,1-3H3,(H,20,24)(H,22,25). The van der Waals surface area contributed by atoms with Gasteiger partial charge in [0, 0.05) is 25.2 Å². The molecule has 25 heavy (non-hydrogen) atoms. The summed E-state index contributed by atoms with van der Waals surface area (Å²) in [4.78, 5) is 29.3. The van der Waals surface area contributed by atoms with Gasteiger partial charge in [0.1, 0.15) is 0 Å². The van der Waals surface area contributed by atoms with Gasteiger partial charge in [-0.15, -0.1) is 0 Å². The molecule has 3 N–H and O–H groups in total. The number of hydrogen-bond acceptors (Lipinski definition) is 4. The highest BCUT2D eigenvalue weighted by Crippen LogP contribution is 2.58. The van der Waals surface area contributed by atoms with Crippen LogP contribution in [0.1, 0.15) is 36.1 Å². The van der Waals surface area contributed by atoms with Crippen LogP contribution in [0.2, 0.25) is 0 Å². The van der Waals surface area contributed by atoms with Gasteiger partial charge >= 0.3 is 0 Å². The van der Waals surface area contributed by atoms with Crippen LogP contribution in [0.15, 0.2) is 4.79 Å².